The second kappa shape index (κ2) is 8.07. The highest BCUT2D eigenvalue weighted by Gasteiger charge is 2.19. The number of nitrogens with one attached hydrogen (secondary N) is 2. The van der Waals surface area contributed by atoms with Crippen molar-refractivity contribution in [3.63, 3.8) is 0 Å². The van der Waals surface area contributed by atoms with Crippen molar-refractivity contribution in [3.05, 3.63) is 52.5 Å². The Labute approximate surface area is 166 Å². The number of hydrogen-bond donors (Lipinski definition) is 2. The maximum absolute atomic E-state index is 12.3. The van der Waals surface area contributed by atoms with E-state index in [1.807, 2.05) is 0 Å². The van der Waals surface area contributed by atoms with Crippen LogP contribution in [-0.4, -0.2) is 39.7 Å². The number of halogens is 1. The number of carbonyl (C=O) groups is 2. The lowest BCUT2D eigenvalue weighted by atomic mass is 10.2. The lowest BCUT2D eigenvalue weighted by molar-refractivity contribution is 0.0846. The highest BCUT2D eigenvalue weighted by Crippen LogP contribution is 2.37. The van der Waals surface area contributed by atoms with E-state index in [0.29, 0.717) is 31.1 Å². The molecular weight excluding hydrogens is 408 g/mol. The lowest BCUT2D eigenvalue weighted by Gasteiger charge is -2.12. The number of hydrogen-bond acceptors (Lipinski definition) is 6. The number of carbonyl (C=O) groups excluding carboxylic acids is 2. The summed E-state index contributed by atoms with van der Waals surface area (Å²) in [6.07, 6.45) is 1.77. The third-order valence-electron chi connectivity index (χ3n) is 3.90. The van der Waals surface area contributed by atoms with Crippen molar-refractivity contribution in [2.45, 2.75) is 11.3 Å². The van der Waals surface area contributed by atoms with Crippen LogP contribution < -0.4 is 20.3 Å². The number of ether oxygens (including phenoxy) is 2. The normalized spacial score (nSPS) is 13.4. The fourth-order valence-electron chi connectivity index (χ4n) is 2.47. The molecule has 3 rings (SSSR count). The van der Waals surface area contributed by atoms with Gasteiger partial charge in [0, 0.05) is 23.8 Å². The van der Waals surface area contributed by atoms with E-state index in [0.717, 1.165) is 6.26 Å². The summed E-state index contributed by atoms with van der Waals surface area (Å²) in [4.78, 5) is 24.6. The minimum atomic E-state index is -3.36. The Hall–Kier alpha value is -2.78. The molecule has 0 spiro atoms. The molecule has 0 aliphatic carbocycles. The standard InChI is InChI=1S/C18H17ClN2O6S/c1-28(24,25)13-5-3-11(4-6-13)17(22)20-21-18(23)12-9-14(19)16-15(10-12)26-7-2-8-27-16/h3-6,9-10H,2,7-8H2,1H3,(H,20,22)(H,21,23). The molecule has 1 aliphatic rings. The zero-order valence-electron chi connectivity index (χ0n) is 14.8. The van der Waals surface area contributed by atoms with Crippen LogP contribution in [0.3, 0.4) is 0 Å². The Bertz CT molecular complexity index is 1020. The Morgan fingerprint density at radius 3 is 2.21 bits per heavy atom. The van der Waals surface area contributed by atoms with Gasteiger partial charge in [-0.3, -0.25) is 20.4 Å². The van der Waals surface area contributed by atoms with Gasteiger partial charge >= 0.3 is 0 Å². The fraction of sp³-hybridized carbons (Fsp3) is 0.222. The van der Waals surface area contributed by atoms with Crippen LogP contribution in [0.5, 0.6) is 11.5 Å². The summed E-state index contributed by atoms with van der Waals surface area (Å²) in [6, 6.07) is 8.22. The summed E-state index contributed by atoms with van der Waals surface area (Å²) in [7, 11) is -3.36. The summed E-state index contributed by atoms with van der Waals surface area (Å²) in [5, 5.41) is 0.229. The second-order valence-electron chi connectivity index (χ2n) is 6.04. The number of amides is 2. The van der Waals surface area contributed by atoms with Gasteiger partial charge < -0.3 is 9.47 Å². The molecule has 2 aromatic rings. The Balaban J connectivity index is 1.68. The van der Waals surface area contributed by atoms with Crippen LogP contribution >= 0.6 is 11.6 Å². The molecule has 8 nitrogen and oxygen atoms in total. The van der Waals surface area contributed by atoms with Crippen LogP contribution in [0.25, 0.3) is 0 Å². The van der Waals surface area contributed by atoms with Crippen molar-refractivity contribution in [2.75, 3.05) is 19.5 Å². The average Bonchev–Trinajstić information content (AvgIpc) is 2.91. The van der Waals surface area contributed by atoms with E-state index in [4.69, 9.17) is 21.1 Å². The van der Waals surface area contributed by atoms with Gasteiger partial charge in [-0.1, -0.05) is 11.6 Å². The molecule has 1 aliphatic heterocycles. The second-order valence-corrected chi connectivity index (χ2v) is 8.46. The molecule has 2 N–H and O–H groups in total. The topological polar surface area (TPSA) is 111 Å². The van der Waals surface area contributed by atoms with Crippen molar-refractivity contribution in [3.8, 4) is 11.5 Å². The SMILES string of the molecule is CS(=O)(=O)c1ccc(C(=O)NNC(=O)c2cc(Cl)c3c(c2)OCCCO3)cc1. The van der Waals surface area contributed by atoms with Crippen molar-refractivity contribution in [2.24, 2.45) is 0 Å². The van der Waals surface area contributed by atoms with Gasteiger partial charge in [0.05, 0.1) is 23.1 Å². The molecule has 0 radical (unpaired) electrons. The first-order valence-corrected chi connectivity index (χ1v) is 10.5. The smallest absolute Gasteiger partial charge is 0.269 e. The van der Waals surface area contributed by atoms with Gasteiger partial charge in [0.15, 0.2) is 21.3 Å². The summed E-state index contributed by atoms with van der Waals surface area (Å²) >= 11 is 6.15. The molecule has 0 bridgehead atoms. The Kier molecular flexibility index (Phi) is 5.76. The Morgan fingerprint density at radius 2 is 1.57 bits per heavy atom. The number of fused-ring (bicyclic) bond motifs is 1. The molecule has 0 unspecified atom stereocenters. The molecule has 2 amide bonds. The van der Waals surface area contributed by atoms with Gasteiger partial charge in [-0.05, 0) is 36.4 Å². The van der Waals surface area contributed by atoms with Crippen LogP contribution in [0.2, 0.25) is 5.02 Å². The van der Waals surface area contributed by atoms with Gasteiger partial charge in [-0.2, -0.15) is 0 Å². The predicted molar refractivity (Wildman–Crippen MR) is 102 cm³/mol. The Morgan fingerprint density at radius 1 is 0.964 bits per heavy atom. The van der Waals surface area contributed by atoms with Crippen LogP contribution in [-0.2, 0) is 9.84 Å². The minimum Gasteiger partial charge on any atom is -0.489 e. The summed E-state index contributed by atoms with van der Waals surface area (Å²) in [5.74, 6) is -0.462. The molecule has 28 heavy (non-hydrogen) atoms. The van der Waals surface area contributed by atoms with E-state index >= 15 is 0 Å². The molecule has 1 heterocycles. The van der Waals surface area contributed by atoms with Crippen LogP contribution in [0.4, 0.5) is 0 Å². The van der Waals surface area contributed by atoms with Crippen molar-refractivity contribution in [1.29, 1.82) is 0 Å². The molecular formula is C18H17ClN2O6S. The zero-order valence-corrected chi connectivity index (χ0v) is 16.4. The van der Waals surface area contributed by atoms with Crippen LogP contribution in [0, 0.1) is 0 Å². The van der Waals surface area contributed by atoms with Gasteiger partial charge in [0.2, 0.25) is 0 Å². The molecule has 0 aromatic heterocycles. The monoisotopic (exact) mass is 424 g/mol. The number of hydrazine groups is 1. The number of sulfone groups is 1. The van der Waals surface area contributed by atoms with E-state index in [1.165, 1.54) is 36.4 Å². The van der Waals surface area contributed by atoms with Crippen LogP contribution in [0.1, 0.15) is 27.1 Å². The maximum Gasteiger partial charge on any atom is 0.269 e. The van der Waals surface area contributed by atoms with Gasteiger partial charge in [0.1, 0.15) is 0 Å². The van der Waals surface area contributed by atoms with Crippen molar-refractivity contribution in [1.82, 2.24) is 10.9 Å². The highest BCUT2D eigenvalue weighted by molar-refractivity contribution is 7.90. The predicted octanol–water partition coefficient (Wildman–Crippen LogP) is 1.98. The van der Waals surface area contributed by atoms with Crippen LogP contribution in [0.15, 0.2) is 41.3 Å². The lowest BCUT2D eigenvalue weighted by Crippen LogP contribution is -2.41. The quantitative estimate of drug-likeness (QED) is 0.729. The third-order valence-corrected chi connectivity index (χ3v) is 5.31. The molecule has 0 saturated heterocycles. The fourth-order valence-corrected chi connectivity index (χ4v) is 3.37. The van der Waals surface area contributed by atoms with Gasteiger partial charge in [-0.25, -0.2) is 8.42 Å². The van der Waals surface area contributed by atoms with E-state index < -0.39 is 21.7 Å². The summed E-state index contributed by atoms with van der Waals surface area (Å²) in [5.41, 5.74) is 4.91. The van der Waals surface area contributed by atoms with E-state index in [-0.39, 0.29) is 21.0 Å². The number of rotatable bonds is 3. The molecule has 0 atom stereocenters. The highest BCUT2D eigenvalue weighted by atomic mass is 35.5. The molecule has 148 valence electrons. The van der Waals surface area contributed by atoms with E-state index in [2.05, 4.69) is 10.9 Å². The first-order chi connectivity index (χ1) is 13.3. The maximum atomic E-state index is 12.3. The largest absolute Gasteiger partial charge is 0.489 e. The summed E-state index contributed by atoms with van der Waals surface area (Å²) in [6.45, 7) is 0.904. The first kappa shape index (κ1) is 20.0. The van der Waals surface area contributed by atoms with Crippen molar-refractivity contribution >= 4 is 33.3 Å². The van der Waals surface area contributed by atoms with Gasteiger partial charge in [-0.15, -0.1) is 0 Å². The summed E-state index contributed by atoms with van der Waals surface area (Å²) < 4.78 is 33.9. The molecule has 0 fully saturated rings. The minimum absolute atomic E-state index is 0.0925. The van der Waals surface area contributed by atoms with E-state index in [1.54, 1.807) is 0 Å². The van der Waals surface area contributed by atoms with E-state index in [9.17, 15) is 18.0 Å². The molecule has 0 saturated carbocycles. The zero-order chi connectivity index (χ0) is 20.3. The molecule has 10 heteroatoms. The van der Waals surface area contributed by atoms with Crippen molar-refractivity contribution < 1.29 is 27.5 Å². The number of benzene rings is 2. The van der Waals surface area contributed by atoms with Gasteiger partial charge in [0.25, 0.3) is 11.8 Å². The average molecular weight is 425 g/mol. The first-order valence-electron chi connectivity index (χ1n) is 8.25. The third kappa shape index (κ3) is 4.55. The molecule has 2 aromatic carbocycles.